The van der Waals surface area contributed by atoms with Crippen LogP contribution in [0.5, 0.6) is 0 Å². The van der Waals surface area contributed by atoms with Crippen molar-refractivity contribution in [2.45, 2.75) is 13.8 Å². The van der Waals surface area contributed by atoms with Crippen LogP contribution in [0.25, 0.3) is 0 Å². The van der Waals surface area contributed by atoms with E-state index in [0.717, 1.165) is 11.5 Å². The standard InChI is InChI=1S/C13H17N5/c1-9-6-4-5-7-11(9)18(3)13-8-12(17-14)15-10(2)16-13/h4-8H,14H2,1-3H3,(H,15,16,17). The van der Waals surface area contributed by atoms with E-state index < -0.39 is 0 Å². The number of para-hydroxylation sites is 1. The smallest absolute Gasteiger partial charge is 0.145 e. The van der Waals surface area contributed by atoms with Gasteiger partial charge in [0.1, 0.15) is 17.5 Å². The summed E-state index contributed by atoms with van der Waals surface area (Å²) < 4.78 is 0. The van der Waals surface area contributed by atoms with Gasteiger partial charge in [-0.3, -0.25) is 0 Å². The van der Waals surface area contributed by atoms with Crippen molar-refractivity contribution >= 4 is 17.3 Å². The maximum atomic E-state index is 5.40. The highest BCUT2D eigenvalue weighted by atomic mass is 15.3. The summed E-state index contributed by atoms with van der Waals surface area (Å²) in [7, 11) is 1.98. The Morgan fingerprint density at radius 2 is 1.89 bits per heavy atom. The summed E-state index contributed by atoms with van der Waals surface area (Å²) in [4.78, 5) is 10.6. The molecule has 0 spiro atoms. The number of nitrogens with two attached hydrogens (primary N) is 1. The fourth-order valence-corrected chi connectivity index (χ4v) is 1.86. The van der Waals surface area contributed by atoms with Gasteiger partial charge in [-0.25, -0.2) is 15.8 Å². The maximum absolute atomic E-state index is 5.40. The molecule has 1 aromatic heterocycles. The van der Waals surface area contributed by atoms with Crippen LogP contribution < -0.4 is 16.2 Å². The fraction of sp³-hybridized carbons (Fsp3) is 0.231. The summed E-state index contributed by atoms with van der Waals surface area (Å²) in [5.41, 5.74) is 4.85. The number of rotatable bonds is 3. The number of hydrogen-bond acceptors (Lipinski definition) is 5. The molecule has 0 amide bonds. The topological polar surface area (TPSA) is 67.1 Å². The van der Waals surface area contributed by atoms with Gasteiger partial charge in [0.25, 0.3) is 0 Å². The van der Waals surface area contributed by atoms with Gasteiger partial charge in [-0.1, -0.05) is 18.2 Å². The van der Waals surface area contributed by atoms with Crippen LogP contribution in [0, 0.1) is 13.8 Å². The van der Waals surface area contributed by atoms with Gasteiger partial charge in [0.2, 0.25) is 0 Å². The lowest BCUT2D eigenvalue weighted by Crippen LogP contribution is -2.16. The SMILES string of the molecule is Cc1nc(NN)cc(N(C)c2ccccc2C)n1. The van der Waals surface area contributed by atoms with Crippen molar-refractivity contribution < 1.29 is 0 Å². The number of nitrogens with zero attached hydrogens (tertiary/aromatic N) is 3. The van der Waals surface area contributed by atoms with Crippen LogP contribution in [0.15, 0.2) is 30.3 Å². The lowest BCUT2D eigenvalue weighted by atomic mass is 10.2. The Bertz CT molecular complexity index is 553. The Balaban J connectivity index is 2.43. The molecule has 1 heterocycles. The van der Waals surface area contributed by atoms with E-state index in [-0.39, 0.29) is 0 Å². The molecule has 94 valence electrons. The third-order valence-electron chi connectivity index (χ3n) is 2.79. The Morgan fingerprint density at radius 1 is 1.17 bits per heavy atom. The molecule has 0 fully saturated rings. The number of aryl methyl sites for hydroxylation is 2. The second-order valence-electron chi connectivity index (χ2n) is 4.15. The first-order chi connectivity index (χ1) is 8.61. The number of aromatic nitrogens is 2. The second kappa shape index (κ2) is 5.01. The fourth-order valence-electron chi connectivity index (χ4n) is 1.86. The highest BCUT2D eigenvalue weighted by Gasteiger charge is 2.09. The van der Waals surface area contributed by atoms with Crippen molar-refractivity contribution in [2.24, 2.45) is 5.84 Å². The normalized spacial score (nSPS) is 10.2. The maximum Gasteiger partial charge on any atom is 0.145 e. The van der Waals surface area contributed by atoms with E-state index >= 15 is 0 Å². The van der Waals surface area contributed by atoms with Gasteiger partial charge in [0.15, 0.2) is 0 Å². The van der Waals surface area contributed by atoms with Crippen molar-refractivity contribution in [3.8, 4) is 0 Å². The molecule has 1 aromatic carbocycles. The van der Waals surface area contributed by atoms with E-state index in [1.807, 2.05) is 37.1 Å². The molecular formula is C13H17N5. The van der Waals surface area contributed by atoms with Crippen molar-refractivity contribution in [2.75, 3.05) is 17.4 Å². The van der Waals surface area contributed by atoms with Crippen LogP contribution in [0.2, 0.25) is 0 Å². The molecule has 2 rings (SSSR count). The van der Waals surface area contributed by atoms with Crippen LogP contribution in [0.1, 0.15) is 11.4 Å². The monoisotopic (exact) mass is 243 g/mol. The van der Waals surface area contributed by atoms with Gasteiger partial charge in [0, 0.05) is 18.8 Å². The van der Waals surface area contributed by atoms with Crippen LogP contribution in [0.3, 0.4) is 0 Å². The summed E-state index contributed by atoms with van der Waals surface area (Å²) in [5.74, 6) is 7.50. The molecule has 5 heteroatoms. The molecular weight excluding hydrogens is 226 g/mol. The highest BCUT2D eigenvalue weighted by molar-refractivity contribution is 5.64. The van der Waals surface area contributed by atoms with Crippen LogP contribution in [-0.2, 0) is 0 Å². The Morgan fingerprint density at radius 3 is 2.56 bits per heavy atom. The molecule has 18 heavy (non-hydrogen) atoms. The summed E-state index contributed by atoms with van der Waals surface area (Å²) >= 11 is 0. The lowest BCUT2D eigenvalue weighted by molar-refractivity contribution is 1.00. The van der Waals surface area contributed by atoms with Crippen molar-refractivity contribution in [3.63, 3.8) is 0 Å². The molecule has 0 radical (unpaired) electrons. The van der Waals surface area contributed by atoms with E-state index in [0.29, 0.717) is 11.6 Å². The zero-order valence-corrected chi connectivity index (χ0v) is 10.8. The second-order valence-corrected chi connectivity index (χ2v) is 4.15. The van der Waals surface area contributed by atoms with Crippen molar-refractivity contribution in [1.82, 2.24) is 9.97 Å². The van der Waals surface area contributed by atoms with Gasteiger partial charge >= 0.3 is 0 Å². The molecule has 0 aliphatic rings. The van der Waals surface area contributed by atoms with E-state index in [4.69, 9.17) is 5.84 Å². The van der Waals surface area contributed by atoms with Gasteiger partial charge in [0.05, 0.1) is 0 Å². The Kier molecular flexibility index (Phi) is 3.43. The number of anilines is 3. The van der Waals surface area contributed by atoms with Gasteiger partial charge in [-0.2, -0.15) is 0 Å². The first-order valence-corrected chi connectivity index (χ1v) is 5.73. The summed E-state index contributed by atoms with van der Waals surface area (Å²) in [6.45, 7) is 3.91. The minimum absolute atomic E-state index is 0.609. The first-order valence-electron chi connectivity index (χ1n) is 5.73. The van der Waals surface area contributed by atoms with Crippen molar-refractivity contribution in [3.05, 3.63) is 41.7 Å². The number of nitrogens with one attached hydrogen (secondary N) is 1. The van der Waals surface area contributed by atoms with E-state index in [1.54, 1.807) is 0 Å². The quantitative estimate of drug-likeness (QED) is 0.638. The lowest BCUT2D eigenvalue weighted by Gasteiger charge is -2.21. The minimum Gasteiger partial charge on any atom is -0.329 e. The van der Waals surface area contributed by atoms with Gasteiger partial charge in [-0.05, 0) is 25.5 Å². The number of hydrazine groups is 1. The average Bonchev–Trinajstić information content (AvgIpc) is 2.37. The number of nitrogen functional groups attached to an aromatic ring is 1. The summed E-state index contributed by atoms with van der Waals surface area (Å²) in [5, 5.41) is 0. The minimum atomic E-state index is 0.609. The third-order valence-corrected chi connectivity index (χ3v) is 2.79. The average molecular weight is 243 g/mol. The van der Waals surface area contributed by atoms with E-state index in [9.17, 15) is 0 Å². The van der Waals surface area contributed by atoms with Crippen LogP contribution in [0.4, 0.5) is 17.3 Å². The molecule has 0 saturated carbocycles. The highest BCUT2D eigenvalue weighted by Crippen LogP contribution is 2.26. The molecule has 0 atom stereocenters. The molecule has 0 aliphatic carbocycles. The summed E-state index contributed by atoms with van der Waals surface area (Å²) in [6, 6.07) is 9.98. The van der Waals surface area contributed by atoms with Gasteiger partial charge < -0.3 is 10.3 Å². The third kappa shape index (κ3) is 2.41. The van der Waals surface area contributed by atoms with E-state index in [2.05, 4.69) is 34.5 Å². The zero-order valence-electron chi connectivity index (χ0n) is 10.8. The predicted octanol–water partition coefficient (Wildman–Crippen LogP) is 2.15. The molecule has 2 aromatic rings. The van der Waals surface area contributed by atoms with Crippen LogP contribution >= 0.6 is 0 Å². The molecule has 0 unspecified atom stereocenters. The number of hydrogen-bond donors (Lipinski definition) is 2. The molecule has 3 N–H and O–H groups in total. The molecule has 5 nitrogen and oxygen atoms in total. The Hall–Kier alpha value is -2.14. The number of benzene rings is 1. The molecule has 0 aliphatic heterocycles. The largest absolute Gasteiger partial charge is 0.329 e. The van der Waals surface area contributed by atoms with Crippen LogP contribution in [-0.4, -0.2) is 17.0 Å². The zero-order chi connectivity index (χ0) is 13.1. The summed E-state index contributed by atoms with van der Waals surface area (Å²) in [6.07, 6.45) is 0. The first kappa shape index (κ1) is 12.3. The van der Waals surface area contributed by atoms with Gasteiger partial charge in [-0.15, -0.1) is 0 Å². The Labute approximate surface area is 107 Å². The molecule has 0 saturated heterocycles. The molecule has 0 bridgehead atoms. The van der Waals surface area contributed by atoms with E-state index in [1.165, 1.54) is 5.56 Å². The van der Waals surface area contributed by atoms with Crippen molar-refractivity contribution in [1.29, 1.82) is 0 Å². The predicted molar refractivity (Wildman–Crippen MR) is 73.8 cm³/mol.